The summed E-state index contributed by atoms with van der Waals surface area (Å²) >= 11 is 4.82. The van der Waals surface area contributed by atoms with Crippen molar-refractivity contribution in [2.24, 2.45) is 0 Å². The van der Waals surface area contributed by atoms with Crippen LogP contribution in [0.2, 0.25) is 0 Å². The minimum absolute atomic E-state index is 0.0334. The largest absolute Gasteiger partial charge is 0.432 e. The SMILES string of the molecule is FC(F)(F)c1cc(=S)n(-c2ccccn2)[nH]1. The summed E-state index contributed by atoms with van der Waals surface area (Å²) in [5.41, 5.74) is -0.886. The van der Waals surface area contributed by atoms with Crippen LogP contribution in [0.25, 0.3) is 5.82 Å². The Kier molecular flexibility index (Phi) is 2.55. The number of pyridine rings is 1. The first-order valence-electron chi connectivity index (χ1n) is 4.29. The van der Waals surface area contributed by atoms with Gasteiger partial charge in [0.05, 0.1) is 0 Å². The van der Waals surface area contributed by atoms with E-state index < -0.39 is 11.9 Å². The van der Waals surface area contributed by atoms with Gasteiger partial charge in [-0.2, -0.15) is 13.2 Å². The maximum absolute atomic E-state index is 12.4. The summed E-state index contributed by atoms with van der Waals surface area (Å²) in [7, 11) is 0. The molecular weight excluding hydrogens is 239 g/mol. The fraction of sp³-hybridized carbons (Fsp3) is 0.111. The molecule has 84 valence electrons. The van der Waals surface area contributed by atoms with Gasteiger partial charge in [0.25, 0.3) is 0 Å². The van der Waals surface area contributed by atoms with E-state index in [1.165, 1.54) is 6.20 Å². The van der Waals surface area contributed by atoms with Crippen LogP contribution in [0.4, 0.5) is 13.2 Å². The van der Waals surface area contributed by atoms with Crippen molar-refractivity contribution in [3.8, 4) is 5.82 Å². The summed E-state index contributed by atoms with van der Waals surface area (Å²) in [6.45, 7) is 0. The number of alkyl halides is 3. The van der Waals surface area contributed by atoms with Gasteiger partial charge in [0.2, 0.25) is 0 Å². The van der Waals surface area contributed by atoms with Crippen LogP contribution in [0, 0.1) is 4.64 Å². The number of aromatic amines is 1. The number of H-pyrrole nitrogens is 1. The summed E-state index contributed by atoms with van der Waals surface area (Å²) in [6, 6.07) is 5.76. The summed E-state index contributed by atoms with van der Waals surface area (Å²) in [4.78, 5) is 3.90. The average molecular weight is 245 g/mol. The maximum atomic E-state index is 12.4. The van der Waals surface area contributed by atoms with E-state index in [0.29, 0.717) is 5.82 Å². The van der Waals surface area contributed by atoms with Crippen molar-refractivity contribution in [2.75, 3.05) is 0 Å². The van der Waals surface area contributed by atoms with Crippen LogP contribution in [0.15, 0.2) is 30.5 Å². The second-order valence-corrected chi connectivity index (χ2v) is 3.45. The van der Waals surface area contributed by atoms with Crippen molar-refractivity contribution in [1.29, 1.82) is 0 Å². The lowest BCUT2D eigenvalue weighted by Crippen LogP contribution is -2.07. The van der Waals surface area contributed by atoms with Crippen molar-refractivity contribution in [2.45, 2.75) is 6.18 Å². The van der Waals surface area contributed by atoms with Gasteiger partial charge in [-0.25, -0.2) is 9.67 Å². The highest BCUT2D eigenvalue weighted by Gasteiger charge is 2.33. The van der Waals surface area contributed by atoms with E-state index in [1.54, 1.807) is 18.2 Å². The molecule has 0 amide bonds. The fourth-order valence-corrected chi connectivity index (χ4v) is 1.45. The van der Waals surface area contributed by atoms with Crippen LogP contribution in [0.5, 0.6) is 0 Å². The average Bonchev–Trinajstić information content (AvgIpc) is 2.61. The number of rotatable bonds is 1. The maximum Gasteiger partial charge on any atom is 0.432 e. The molecule has 0 aliphatic heterocycles. The van der Waals surface area contributed by atoms with Gasteiger partial charge in [0, 0.05) is 12.3 Å². The third-order valence-electron chi connectivity index (χ3n) is 1.90. The normalized spacial score (nSPS) is 11.7. The molecule has 0 spiro atoms. The number of hydrogen-bond donors (Lipinski definition) is 1. The van der Waals surface area contributed by atoms with Crippen molar-refractivity contribution in [3.05, 3.63) is 40.8 Å². The molecule has 2 rings (SSSR count). The Morgan fingerprint density at radius 2 is 2.06 bits per heavy atom. The number of halogens is 3. The summed E-state index contributed by atoms with van der Waals surface area (Å²) in [6.07, 6.45) is -2.96. The molecule has 0 aromatic carbocycles. The zero-order valence-corrected chi connectivity index (χ0v) is 8.64. The van der Waals surface area contributed by atoms with Gasteiger partial charge in [-0.05, 0) is 12.1 Å². The fourth-order valence-electron chi connectivity index (χ4n) is 1.20. The highest BCUT2D eigenvalue weighted by Crippen LogP contribution is 2.28. The van der Waals surface area contributed by atoms with Gasteiger partial charge in [0.1, 0.15) is 10.3 Å². The van der Waals surface area contributed by atoms with E-state index in [1.807, 2.05) is 0 Å². The first-order chi connectivity index (χ1) is 7.48. The molecule has 2 aromatic heterocycles. The Labute approximate surface area is 93.5 Å². The predicted molar refractivity (Wildman–Crippen MR) is 53.8 cm³/mol. The Hall–Kier alpha value is -1.63. The molecule has 1 N–H and O–H groups in total. The van der Waals surface area contributed by atoms with Gasteiger partial charge in [-0.1, -0.05) is 18.3 Å². The minimum atomic E-state index is -4.44. The molecular formula is C9H6F3N3S. The molecule has 7 heteroatoms. The molecule has 0 saturated carbocycles. The van der Waals surface area contributed by atoms with Gasteiger partial charge in [-0.3, -0.25) is 5.10 Å². The predicted octanol–water partition coefficient (Wildman–Crippen LogP) is 2.95. The molecule has 0 aliphatic rings. The zero-order valence-electron chi connectivity index (χ0n) is 7.82. The molecule has 2 aromatic rings. The van der Waals surface area contributed by atoms with E-state index >= 15 is 0 Å². The molecule has 0 unspecified atom stereocenters. The van der Waals surface area contributed by atoms with Gasteiger partial charge in [-0.15, -0.1) is 0 Å². The van der Waals surface area contributed by atoms with Crippen LogP contribution < -0.4 is 0 Å². The van der Waals surface area contributed by atoms with Gasteiger partial charge >= 0.3 is 6.18 Å². The molecule has 0 saturated heterocycles. The first-order valence-corrected chi connectivity index (χ1v) is 4.70. The molecule has 0 aliphatic carbocycles. The van der Waals surface area contributed by atoms with Crippen LogP contribution in [0.3, 0.4) is 0 Å². The molecule has 16 heavy (non-hydrogen) atoms. The molecule has 2 heterocycles. The Morgan fingerprint density at radius 1 is 1.31 bits per heavy atom. The number of nitrogens with zero attached hydrogens (tertiary/aromatic N) is 2. The van der Waals surface area contributed by atoms with Crippen molar-refractivity contribution in [1.82, 2.24) is 14.8 Å². The van der Waals surface area contributed by atoms with E-state index in [4.69, 9.17) is 12.2 Å². The lowest BCUT2D eigenvalue weighted by Gasteiger charge is -2.03. The highest BCUT2D eigenvalue weighted by atomic mass is 32.1. The Balaban J connectivity index is 2.53. The summed E-state index contributed by atoms with van der Waals surface area (Å²) < 4.78 is 38.3. The van der Waals surface area contributed by atoms with Crippen LogP contribution >= 0.6 is 12.2 Å². The topological polar surface area (TPSA) is 33.6 Å². The number of aromatic nitrogens is 3. The van der Waals surface area contributed by atoms with Crippen molar-refractivity contribution in [3.63, 3.8) is 0 Å². The third-order valence-corrected chi connectivity index (χ3v) is 2.20. The van der Waals surface area contributed by atoms with E-state index in [0.717, 1.165) is 10.7 Å². The second kappa shape index (κ2) is 3.75. The second-order valence-electron chi connectivity index (χ2n) is 3.03. The van der Waals surface area contributed by atoms with E-state index in [2.05, 4.69) is 10.1 Å². The Bertz CT molecular complexity index is 541. The number of hydrogen-bond acceptors (Lipinski definition) is 2. The minimum Gasteiger partial charge on any atom is -0.287 e. The zero-order chi connectivity index (χ0) is 11.8. The lowest BCUT2D eigenvalue weighted by molar-refractivity contribution is -0.141. The van der Waals surface area contributed by atoms with Crippen molar-refractivity contribution < 1.29 is 13.2 Å². The standard InChI is InChI=1S/C9H6F3N3S/c10-9(11,12)6-5-8(16)15(14-6)7-3-1-2-4-13-7/h1-5,14H. The van der Waals surface area contributed by atoms with E-state index in [-0.39, 0.29) is 4.64 Å². The quantitative estimate of drug-likeness (QED) is 0.784. The van der Waals surface area contributed by atoms with Crippen LogP contribution in [-0.2, 0) is 6.18 Å². The Morgan fingerprint density at radius 3 is 2.56 bits per heavy atom. The van der Waals surface area contributed by atoms with Crippen molar-refractivity contribution >= 4 is 12.2 Å². The monoisotopic (exact) mass is 245 g/mol. The third kappa shape index (κ3) is 1.99. The summed E-state index contributed by atoms with van der Waals surface area (Å²) in [5, 5.41) is 2.16. The molecule has 0 radical (unpaired) electrons. The smallest absolute Gasteiger partial charge is 0.287 e. The van der Waals surface area contributed by atoms with Gasteiger partial charge in [0.15, 0.2) is 5.82 Å². The molecule has 0 fully saturated rings. The molecule has 0 atom stereocenters. The highest BCUT2D eigenvalue weighted by molar-refractivity contribution is 7.71. The van der Waals surface area contributed by atoms with Crippen LogP contribution in [-0.4, -0.2) is 14.8 Å². The number of nitrogens with one attached hydrogen (secondary N) is 1. The first kappa shape index (κ1) is 10.9. The van der Waals surface area contributed by atoms with Crippen LogP contribution in [0.1, 0.15) is 5.69 Å². The summed E-state index contributed by atoms with van der Waals surface area (Å²) in [5.74, 6) is 0.322. The lowest BCUT2D eigenvalue weighted by atomic mass is 10.4. The van der Waals surface area contributed by atoms with Gasteiger partial charge < -0.3 is 0 Å². The molecule has 0 bridgehead atoms. The van der Waals surface area contributed by atoms with E-state index in [9.17, 15) is 13.2 Å². The molecule has 3 nitrogen and oxygen atoms in total.